The van der Waals surface area contributed by atoms with Gasteiger partial charge in [0.2, 0.25) is 0 Å². The van der Waals surface area contributed by atoms with E-state index in [0.29, 0.717) is 25.1 Å². The minimum Gasteiger partial charge on any atom is -0.490 e. The molecule has 0 spiro atoms. The smallest absolute Gasteiger partial charge is 0.304 e. The Bertz CT molecular complexity index is 498. The molecule has 1 aliphatic heterocycles. The Kier molecular flexibility index (Phi) is 4.04. The quantitative estimate of drug-likeness (QED) is 0.796. The number of carbonyl (C=O) groups is 2. The summed E-state index contributed by atoms with van der Waals surface area (Å²) in [6, 6.07) is 5.18. The first-order valence-corrected chi connectivity index (χ1v) is 6.38. The minimum absolute atomic E-state index is 0.125. The van der Waals surface area contributed by atoms with Crippen LogP contribution >= 0.6 is 0 Å². The number of hydrogen-bond acceptors (Lipinski definition) is 4. The Labute approximate surface area is 111 Å². The molecule has 0 bridgehead atoms. The summed E-state index contributed by atoms with van der Waals surface area (Å²) >= 11 is 0. The predicted octanol–water partition coefficient (Wildman–Crippen LogP) is 2.17. The van der Waals surface area contributed by atoms with Crippen molar-refractivity contribution in [3.8, 4) is 5.75 Å². The van der Waals surface area contributed by atoms with E-state index < -0.39 is 11.9 Å². The second-order valence-electron chi connectivity index (χ2n) is 4.55. The Hall–Kier alpha value is -2.04. The van der Waals surface area contributed by atoms with Gasteiger partial charge in [0.15, 0.2) is 5.78 Å². The molecule has 5 heteroatoms. The minimum atomic E-state index is -0.945. The second kappa shape index (κ2) is 5.73. The first-order chi connectivity index (χ1) is 9.11. The Balaban J connectivity index is 2.20. The first-order valence-electron chi connectivity index (χ1n) is 6.38. The van der Waals surface area contributed by atoms with Crippen molar-refractivity contribution in [3.63, 3.8) is 0 Å². The fourth-order valence-corrected chi connectivity index (χ4v) is 2.16. The van der Waals surface area contributed by atoms with Gasteiger partial charge in [0.25, 0.3) is 0 Å². The van der Waals surface area contributed by atoms with E-state index >= 15 is 0 Å². The highest BCUT2D eigenvalue weighted by Crippen LogP contribution is 2.29. The highest BCUT2D eigenvalue weighted by molar-refractivity contribution is 6.00. The van der Waals surface area contributed by atoms with Gasteiger partial charge in [-0.05, 0) is 24.6 Å². The van der Waals surface area contributed by atoms with Crippen LogP contribution in [0.4, 0.5) is 5.69 Å². The molecular formula is C14H17NO4. The van der Waals surface area contributed by atoms with Crippen molar-refractivity contribution in [2.45, 2.75) is 19.8 Å². The molecule has 0 saturated heterocycles. The van der Waals surface area contributed by atoms with E-state index in [0.717, 1.165) is 11.4 Å². The van der Waals surface area contributed by atoms with Crippen LogP contribution in [-0.2, 0) is 4.79 Å². The third kappa shape index (κ3) is 3.05. The molecule has 0 saturated carbocycles. The maximum Gasteiger partial charge on any atom is 0.304 e. The highest BCUT2D eigenvalue weighted by Gasteiger charge is 2.22. The maximum atomic E-state index is 12.3. The number of aliphatic carboxylic acids is 1. The van der Waals surface area contributed by atoms with Gasteiger partial charge in [-0.15, -0.1) is 0 Å². The molecular weight excluding hydrogens is 246 g/mol. The zero-order chi connectivity index (χ0) is 13.8. The average Bonchev–Trinajstić information content (AvgIpc) is 2.43. The summed E-state index contributed by atoms with van der Waals surface area (Å²) in [5.41, 5.74) is 1.33. The molecule has 1 aliphatic rings. The molecule has 1 atom stereocenters. The maximum absolute atomic E-state index is 12.3. The molecule has 0 radical (unpaired) electrons. The Morgan fingerprint density at radius 1 is 1.47 bits per heavy atom. The van der Waals surface area contributed by atoms with E-state index in [1.807, 2.05) is 6.92 Å². The fraction of sp³-hybridized carbons (Fsp3) is 0.429. The van der Waals surface area contributed by atoms with Crippen molar-refractivity contribution in [2.75, 3.05) is 18.5 Å². The van der Waals surface area contributed by atoms with Gasteiger partial charge in [-0.25, -0.2) is 0 Å². The molecule has 0 fully saturated rings. The Morgan fingerprint density at radius 3 is 2.95 bits per heavy atom. The Morgan fingerprint density at radius 2 is 2.26 bits per heavy atom. The normalized spacial score (nSPS) is 14.8. The van der Waals surface area contributed by atoms with Gasteiger partial charge < -0.3 is 15.2 Å². The van der Waals surface area contributed by atoms with Crippen LogP contribution in [0.3, 0.4) is 0 Å². The van der Waals surface area contributed by atoms with Gasteiger partial charge in [-0.2, -0.15) is 0 Å². The number of nitrogens with one attached hydrogen (secondary N) is 1. The van der Waals surface area contributed by atoms with E-state index in [2.05, 4.69) is 5.32 Å². The first kappa shape index (κ1) is 13.4. The van der Waals surface area contributed by atoms with Gasteiger partial charge in [-0.1, -0.05) is 6.92 Å². The van der Waals surface area contributed by atoms with Crippen LogP contribution < -0.4 is 10.1 Å². The van der Waals surface area contributed by atoms with Crippen molar-refractivity contribution in [1.82, 2.24) is 0 Å². The number of Topliss-reactive ketones (excluding diaryl/α,β-unsaturated/α-hetero) is 1. The monoisotopic (exact) mass is 263 g/mol. The van der Waals surface area contributed by atoms with Crippen LogP contribution in [0.15, 0.2) is 18.2 Å². The number of anilines is 1. The van der Waals surface area contributed by atoms with Crippen molar-refractivity contribution in [2.24, 2.45) is 5.92 Å². The molecule has 0 aliphatic carbocycles. The highest BCUT2D eigenvalue weighted by atomic mass is 16.5. The molecule has 5 nitrogen and oxygen atoms in total. The number of fused-ring (bicyclic) bond motifs is 1. The summed E-state index contributed by atoms with van der Waals surface area (Å²) in [6.45, 7) is 3.14. The number of ether oxygens (including phenoxy) is 1. The van der Waals surface area contributed by atoms with Gasteiger partial charge in [0.1, 0.15) is 12.4 Å². The molecule has 102 valence electrons. The number of carbonyl (C=O) groups excluding carboxylic acids is 1. The zero-order valence-electron chi connectivity index (χ0n) is 10.8. The number of carboxylic acids is 1. The van der Waals surface area contributed by atoms with Crippen LogP contribution in [0, 0.1) is 5.92 Å². The summed E-state index contributed by atoms with van der Waals surface area (Å²) in [5.74, 6) is -0.811. The zero-order valence-corrected chi connectivity index (χ0v) is 10.8. The lowest BCUT2D eigenvalue weighted by molar-refractivity contribution is -0.137. The lowest BCUT2D eigenvalue weighted by Gasteiger charge is -2.20. The van der Waals surface area contributed by atoms with E-state index in [1.165, 1.54) is 0 Å². The molecule has 19 heavy (non-hydrogen) atoms. The number of rotatable bonds is 5. The van der Waals surface area contributed by atoms with E-state index in [1.54, 1.807) is 18.2 Å². The van der Waals surface area contributed by atoms with Crippen LogP contribution in [0.25, 0.3) is 0 Å². The van der Waals surface area contributed by atoms with E-state index in [-0.39, 0.29) is 12.2 Å². The third-order valence-electron chi connectivity index (χ3n) is 3.22. The lowest BCUT2D eigenvalue weighted by atomic mass is 9.92. The summed E-state index contributed by atoms with van der Waals surface area (Å²) in [4.78, 5) is 23.0. The van der Waals surface area contributed by atoms with Gasteiger partial charge in [0.05, 0.1) is 12.1 Å². The van der Waals surface area contributed by atoms with Crippen molar-refractivity contribution < 1.29 is 19.4 Å². The van der Waals surface area contributed by atoms with E-state index in [9.17, 15) is 9.59 Å². The number of hydrogen-bond donors (Lipinski definition) is 2. The molecule has 1 unspecified atom stereocenters. The summed E-state index contributed by atoms with van der Waals surface area (Å²) in [7, 11) is 0. The molecule has 2 N–H and O–H groups in total. The fourth-order valence-electron chi connectivity index (χ4n) is 2.16. The molecule has 1 aromatic carbocycles. The molecule has 1 aromatic rings. The average molecular weight is 263 g/mol. The largest absolute Gasteiger partial charge is 0.490 e. The SMILES string of the molecule is CCC(CC(=O)O)C(=O)c1ccc2c(c1)NCCO2. The van der Waals surface area contributed by atoms with Gasteiger partial charge in [0, 0.05) is 18.0 Å². The van der Waals surface area contributed by atoms with Crippen molar-refractivity contribution in [1.29, 1.82) is 0 Å². The lowest BCUT2D eigenvalue weighted by Crippen LogP contribution is -2.20. The van der Waals surface area contributed by atoms with Gasteiger partial charge >= 0.3 is 5.97 Å². The topological polar surface area (TPSA) is 75.6 Å². The van der Waals surface area contributed by atoms with Crippen LogP contribution in [0.5, 0.6) is 5.75 Å². The van der Waals surface area contributed by atoms with Crippen molar-refractivity contribution >= 4 is 17.4 Å². The molecule has 0 aromatic heterocycles. The third-order valence-corrected chi connectivity index (χ3v) is 3.22. The van der Waals surface area contributed by atoms with E-state index in [4.69, 9.17) is 9.84 Å². The van der Waals surface area contributed by atoms with Crippen molar-refractivity contribution in [3.05, 3.63) is 23.8 Å². The van der Waals surface area contributed by atoms with Crippen LogP contribution in [0.1, 0.15) is 30.1 Å². The summed E-state index contributed by atoms with van der Waals surface area (Å²) in [5, 5.41) is 12.0. The standard InChI is InChI=1S/C14H17NO4/c1-2-9(8-13(16)17)14(18)10-3-4-12-11(7-10)15-5-6-19-12/h3-4,7,9,15H,2,5-6,8H2,1H3,(H,16,17). The summed E-state index contributed by atoms with van der Waals surface area (Å²) in [6.07, 6.45) is 0.391. The predicted molar refractivity (Wildman–Crippen MR) is 70.8 cm³/mol. The molecule has 1 heterocycles. The van der Waals surface area contributed by atoms with Gasteiger partial charge in [-0.3, -0.25) is 9.59 Å². The summed E-state index contributed by atoms with van der Waals surface area (Å²) < 4.78 is 5.44. The molecule has 0 amide bonds. The molecule has 2 rings (SSSR count). The number of carboxylic acid groups (broad SMARTS) is 1. The van der Waals surface area contributed by atoms with Crippen LogP contribution in [0.2, 0.25) is 0 Å². The van der Waals surface area contributed by atoms with Crippen LogP contribution in [-0.4, -0.2) is 30.0 Å². The number of ketones is 1. The second-order valence-corrected chi connectivity index (χ2v) is 4.55. The number of benzene rings is 1.